The molecule has 0 aliphatic carbocycles. The number of hydrogen-bond acceptors (Lipinski definition) is 8. The van der Waals surface area contributed by atoms with Gasteiger partial charge in [0.1, 0.15) is 0 Å². The van der Waals surface area contributed by atoms with Gasteiger partial charge in [-0.05, 0) is 55.3 Å². The molecule has 0 fully saturated rings. The number of halogens is 1. The molecule has 9 nitrogen and oxygen atoms in total. The number of aromatic nitrogens is 1. The van der Waals surface area contributed by atoms with E-state index in [1.807, 2.05) is 24.3 Å². The third-order valence-electron chi connectivity index (χ3n) is 5.56. The van der Waals surface area contributed by atoms with Gasteiger partial charge in [0.05, 0.1) is 35.6 Å². The summed E-state index contributed by atoms with van der Waals surface area (Å²) in [6.07, 6.45) is 1.71. The van der Waals surface area contributed by atoms with Crippen LogP contribution >= 0.6 is 27.3 Å². The zero-order valence-electron chi connectivity index (χ0n) is 20.3. The molecule has 0 bridgehead atoms. The molecule has 1 aliphatic heterocycles. The fourth-order valence-corrected chi connectivity index (χ4v) is 5.26. The summed E-state index contributed by atoms with van der Waals surface area (Å²) in [4.78, 5) is 42.8. The second kappa shape index (κ2) is 11.1. The Morgan fingerprint density at radius 2 is 1.92 bits per heavy atom. The standard InChI is InChI=1S/C26H24BrN3O6S/c1-4-35-25(33)22-14(2)29-26-30(23(22)16-6-8-17(27)9-7-16)24(32)20(37-26)12-15-5-10-18(19(11-15)34-3)36-13-21(28)31/h5-12,23H,4,13H2,1-3H3,(H2,28,31)/b20-12+/t23-/m1/s1. The number of allylic oxidation sites excluding steroid dienone is 1. The van der Waals surface area contributed by atoms with Crippen molar-refractivity contribution in [1.29, 1.82) is 0 Å². The molecule has 1 atom stereocenters. The summed E-state index contributed by atoms with van der Waals surface area (Å²) in [7, 11) is 1.47. The van der Waals surface area contributed by atoms with Gasteiger partial charge in [-0.2, -0.15) is 0 Å². The predicted molar refractivity (Wildman–Crippen MR) is 142 cm³/mol. The van der Waals surface area contributed by atoms with Crippen molar-refractivity contribution >= 4 is 45.2 Å². The molecule has 2 aromatic carbocycles. The Morgan fingerprint density at radius 3 is 2.57 bits per heavy atom. The van der Waals surface area contributed by atoms with Gasteiger partial charge in [0.15, 0.2) is 22.9 Å². The molecule has 1 amide bonds. The van der Waals surface area contributed by atoms with E-state index in [2.05, 4.69) is 20.9 Å². The number of rotatable bonds is 8. The first kappa shape index (κ1) is 26.4. The lowest BCUT2D eigenvalue weighted by atomic mass is 9.96. The van der Waals surface area contributed by atoms with E-state index in [1.54, 1.807) is 38.1 Å². The highest BCUT2D eigenvalue weighted by Crippen LogP contribution is 2.32. The Balaban J connectivity index is 1.85. The van der Waals surface area contributed by atoms with E-state index in [1.165, 1.54) is 23.0 Å². The number of primary amides is 1. The smallest absolute Gasteiger partial charge is 0.338 e. The maximum atomic E-state index is 13.7. The van der Waals surface area contributed by atoms with Crippen LogP contribution in [0.2, 0.25) is 0 Å². The lowest BCUT2D eigenvalue weighted by molar-refractivity contribution is -0.139. The van der Waals surface area contributed by atoms with Crippen molar-refractivity contribution in [3.63, 3.8) is 0 Å². The summed E-state index contributed by atoms with van der Waals surface area (Å²) in [6, 6.07) is 11.8. The minimum Gasteiger partial charge on any atom is -0.493 e. The van der Waals surface area contributed by atoms with E-state index in [0.29, 0.717) is 37.7 Å². The van der Waals surface area contributed by atoms with E-state index >= 15 is 0 Å². The SMILES string of the molecule is CCOC(=O)C1=C(C)N=c2s/c(=C/c3ccc(OCC(N)=O)c(OC)c3)c(=O)n2[C@@H]1c1ccc(Br)cc1. The normalized spacial score (nSPS) is 15.1. The van der Waals surface area contributed by atoms with Gasteiger partial charge < -0.3 is 19.9 Å². The number of methoxy groups -OCH3 is 1. The van der Waals surface area contributed by atoms with Crippen LogP contribution in [0, 0.1) is 0 Å². The van der Waals surface area contributed by atoms with E-state index in [0.717, 1.165) is 10.0 Å². The van der Waals surface area contributed by atoms with Crippen molar-refractivity contribution in [2.75, 3.05) is 20.3 Å². The molecule has 3 aromatic rings. The van der Waals surface area contributed by atoms with Crippen molar-refractivity contribution in [1.82, 2.24) is 4.57 Å². The molecule has 0 radical (unpaired) electrons. The molecule has 1 aliphatic rings. The Kier molecular flexibility index (Phi) is 7.94. The third kappa shape index (κ3) is 5.52. The number of nitrogens with two attached hydrogens (primary N) is 1. The minimum absolute atomic E-state index is 0.202. The van der Waals surface area contributed by atoms with Crippen LogP contribution in [-0.4, -0.2) is 36.8 Å². The van der Waals surface area contributed by atoms with Gasteiger partial charge >= 0.3 is 5.97 Å². The van der Waals surface area contributed by atoms with Gasteiger partial charge in [0.2, 0.25) is 0 Å². The number of carbonyl (C=O) groups excluding carboxylic acids is 2. The number of hydrogen-bond donors (Lipinski definition) is 1. The fraction of sp³-hybridized carbons (Fsp3) is 0.231. The lowest BCUT2D eigenvalue weighted by Crippen LogP contribution is -2.39. The molecule has 0 spiro atoms. The summed E-state index contributed by atoms with van der Waals surface area (Å²) in [5.74, 6) is -0.381. The minimum atomic E-state index is -0.690. The maximum Gasteiger partial charge on any atom is 0.338 e. The van der Waals surface area contributed by atoms with Crippen molar-refractivity contribution < 1.29 is 23.8 Å². The van der Waals surface area contributed by atoms with E-state index in [-0.39, 0.29) is 18.8 Å². The lowest BCUT2D eigenvalue weighted by Gasteiger charge is -2.24. The number of nitrogens with zero attached hydrogens (tertiary/aromatic N) is 2. The van der Waals surface area contributed by atoms with E-state index in [4.69, 9.17) is 19.9 Å². The number of carbonyl (C=O) groups is 2. The highest BCUT2D eigenvalue weighted by atomic mass is 79.9. The molecule has 0 unspecified atom stereocenters. The molecule has 192 valence electrons. The molecule has 0 saturated heterocycles. The van der Waals surface area contributed by atoms with Gasteiger partial charge in [-0.3, -0.25) is 14.2 Å². The molecule has 4 rings (SSSR count). The number of fused-ring (bicyclic) bond motifs is 1. The first-order valence-corrected chi connectivity index (χ1v) is 12.9. The van der Waals surface area contributed by atoms with Crippen molar-refractivity contribution in [2.24, 2.45) is 10.7 Å². The van der Waals surface area contributed by atoms with Crippen LogP contribution in [0.25, 0.3) is 6.08 Å². The highest BCUT2D eigenvalue weighted by molar-refractivity contribution is 9.10. The van der Waals surface area contributed by atoms with Gasteiger partial charge in [0, 0.05) is 4.47 Å². The van der Waals surface area contributed by atoms with Crippen molar-refractivity contribution in [3.05, 3.63) is 89.0 Å². The zero-order valence-corrected chi connectivity index (χ0v) is 22.7. The van der Waals surface area contributed by atoms with E-state index < -0.39 is 17.9 Å². The molecular formula is C26H24BrN3O6S. The van der Waals surface area contributed by atoms with Crippen molar-refractivity contribution in [3.8, 4) is 11.5 Å². The van der Waals surface area contributed by atoms with Crippen LogP contribution in [0.15, 0.2) is 68.0 Å². The first-order valence-electron chi connectivity index (χ1n) is 11.3. The molecule has 11 heteroatoms. The second-order valence-electron chi connectivity index (χ2n) is 8.02. The summed E-state index contributed by atoms with van der Waals surface area (Å²) < 4.78 is 18.9. The predicted octanol–water partition coefficient (Wildman–Crippen LogP) is 2.43. The Labute approximate surface area is 224 Å². The van der Waals surface area contributed by atoms with Gasteiger partial charge in [0.25, 0.3) is 11.5 Å². The average molecular weight is 586 g/mol. The van der Waals surface area contributed by atoms with Crippen LogP contribution in [0.4, 0.5) is 0 Å². The highest BCUT2D eigenvalue weighted by Gasteiger charge is 2.33. The second-order valence-corrected chi connectivity index (χ2v) is 9.94. The monoisotopic (exact) mass is 585 g/mol. The average Bonchev–Trinajstić information content (AvgIpc) is 3.17. The fourth-order valence-electron chi connectivity index (χ4n) is 3.95. The molecule has 0 saturated carbocycles. The quantitative estimate of drug-likeness (QED) is 0.405. The molecule has 2 N–H and O–H groups in total. The first-order chi connectivity index (χ1) is 17.7. The molecule has 2 heterocycles. The Morgan fingerprint density at radius 1 is 1.19 bits per heavy atom. The number of thiazole rings is 1. The summed E-state index contributed by atoms with van der Waals surface area (Å²) >= 11 is 4.66. The molecule has 37 heavy (non-hydrogen) atoms. The third-order valence-corrected chi connectivity index (χ3v) is 7.07. The summed E-state index contributed by atoms with van der Waals surface area (Å²) in [5.41, 5.74) is 7.11. The topological polar surface area (TPSA) is 122 Å². The number of benzene rings is 2. The van der Waals surface area contributed by atoms with E-state index in [9.17, 15) is 14.4 Å². The summed E-state index contributed by atoms with van der Waals surface area (Å²) in [5, 5.41) is 0. The number of ether oxygens (including phenoxy) is 3. The summed E-state index contributed by atoms with van der Waals surface area (Å²) in [6.45, 7) is 3.39. The largest absolute Gasteiger partial charge is 0.493 e. The van der Waals surface area contributed by atoms with Crippen LogP contribution in [0.5, 0.6) is 11.5 Å². The van der Waals surface area contributed by atoms with Gasteiger partial charge in [-0.1, -0.05) is 45.5 Å². The van der Waals surface area contributed by atoms with Crippen LogP contribution in [0.3, 0.4) is 0 Å². The maximum absolute atomic E-state index is 13.7. The van der Waals surface area contributed by atoms with Crippen molar-refractivity contribution in [2.45, 2.75) is 19.9 Å². The van der Waals surface area contributed by atoms with Gasteiger partial charge in [-0.15, -0.1) is 0 Å². The molecule has 1 aromatic heterocycles. The number of esters is 1. The number of amides is 1. The van der Waals surface area contributed by atoms with Crippen LogP contribution in [-0.2, 0) is 14.3 Å². The molecular weight excluding hydrogens is 562 g/mol. The van der Waals surface area contributed by atoms with Gasteiger partial charge in [-0.25, -0.2) is 9.79 Å². The van der Waals surface area contributed by atoms with Crippen LogP contribution in [0.1, 0.15) is 31.0 Å². The Hall–Kier alpha value is -3.70. The Bertz CT molecular complexity index is 1570. The zero-order chi connectivity index (χ0) is 26.7. The van der Waals surface area contributed by atoms with Crippen LogP contribution < -0.4 is 30.1 Å².